The fourth-order valence-electron chi connectivity index (χ4n) is 1.61. The standard InChI is InChI=1S/C10H12N2O5/c1-5-3-12(10(16)11-8(5)15)9-7(14)2-6(4-13)17-9/h2-3,6,9,13-14H,4H2,1H3,(H,11,15,16)/t6-,9+/m0/s1. The van der Waals surface area contributed by atoms with Crippen molar-refractivity contribution in [3.05, 3.63) is 44.4 Å². The first-order chi connectivity index (χ1) is 8.02. The summed E-state index contributed by atoms with van der Waals surface area (Å²) in [5, 5.41) is 18.5. The molecule has 17 heavy (non-hydrogen) atoms. The Hall–Kier alpha value is -1.86. The molecule has 0 amide bonds. The predicted molar refractivity (Wildman–Crippen MR) is 57.8 cm³/mol. The minimum atomic E-state index is -1.00. The number of aliphatic hydroxyl groups excluding tert-OH is 2. The van der Waals surface area contributed by atoms with Gasteiger partial charge in [-0.3, -0.25) is 14.3 Å². The van der Waals surface area contributed by atoms with E-state index >= 15 is 0 Å². The number of ether oxygens (including phenoxy) is 1. The minimum Gasteiger partial charge on any atom is -0.508 e. The van der Waals surface area contributed by atoms with Crippen LogP contribution in [0.5, 0.6) is 0 Å². The van der Waals surface area contributed by atoms with Crippen LogP contribution in [0.1, 0.15) is 11.8 Å². The zero-order valence-electron chi connectivity index (χ0n) is 9.08. The van der Waals surface area contributed by atoms with Crippen molar-refractivity contribution in [3.8, 4) is 0 Å². The van der Waals surface area contributed by atoms with Gasteiger partial charge in [-0.15, -0.1) is 0 Å². The van der Waals surface area contributed by atoms with E-state index in [1.54, 1.807) is 0 Å². The van der Waals surface area contributed by atoms with Crippen LogP contribution in [-0.2, 0) is 4.74 Å². The first kappa shape index (κ1) is 11.6. The summed E-state index contributed by atoms with van der Waals surface area (Å²) in [5.41, 5.74) is -0.830. The molecule has 7 nitrogen and oxygen atoms in total. The molecular weight excluding hydrogens is 228 g/mol. The summed E-state index contributed by atoms with van der Waals surface area (Å²) < 4.78 is 6.30. The van der Waals surface area contributed by atoms with Gasteiger partial charge in [0.1, 0.15) is 11.9 Å². The molecule has 0 aliphatic carbocycles. The van der Waals surface area contributed by atoms with Crippen LogP contribution in [-0.4, -0.2) is 32.5 Å². The molecule has 2 atom stereocenters. The van der Waals surface area contributed by atoms with E-state index in [0.717, 1.165) is 4.57 Å². The minimum absolute atomic E-state index is 0.169. The van der Waals surface area contributed by atoms with Gasteiger partial charge in [-0.25, -0.2) is 4.79 Å². The second kappa shape index (κ2) is 4.19. The zero-order valence-corrected chi connectivity index (χ0v) is 9.08. The lowest BCUT2D eigenvalue weighted by atomic mass is 10.3. The van der Waals surface area contributed by atoms with E-state index in [-0.39, 0.29) is 12.4 Å². The van der Waals surface area contributed by atoms with Gasteiger partial charge in [0.2, 0.25) is 0 Å². The highest BCUT2D eigenvalue weighted by atomic mass is 16.5. The Morgan fingerprint density at radius 2 is 2.24 bits per heavy atom. The number of aromatic nitrogens is 2. The number of aliphatic hydroxyl groups is 2. The van der Waals surface area contributed by atoms with Crippen molar-refractivity contribution in [2.24, 2.45) is 0 Å². The summed E-state index contributed by atoms with van der Waals surface area (Å²) in [6.45, 7) is 1.24. The number of nitrogens with zero attached hydrogens (tertiary/aromatic N) is 1. The molecule has 1 aromatic rings. The van der Waals surface area contributed by atoms with E-state index in [1.807, 2.05) is 0 Å². The second-order valence-electron chi connectivity index (χ2n) is 3.78. The third kappa shape index (κ3) is 2.02. The smallest absolute Gasteiger partial charge is 0.330 e. The maximum Gasteiger partial charge on any atom is 0.330 e. The highest BCUT2D eigenvalue weighted by molar-refractivity contribution is 5.10. The molecule has 0 fully saturated rings. The van der Waals surface area contributed by atoms with Crippen LogP contribution < -0.4 is 11.2 Å². The highest BCUT2D eigenvalue weighted by Gasteiger charge is 2.28. The molecule has 1 aliphatic rings. The lowest BCUT2D eigenvalue weighted by Gasteiger charge is -2.16. The lowest BCUT2D eigenvalue weighted by molar-refractivity contribution is -0.0275. The first-order valence-electron chi connectivity index (χ1n) is 5.02. The van der Waals surface area contributed by atoms with Crippen molar-refractivity contribution in [2.45, 2.75) is 19.3 Å². The molecule has 2 rings (SSSR count). The molecule has 92 valence electrons. The van der Waals surface area contributed by atoms with E-state index in [9.17, 15) is 14.7 Å². The molecular formula is C10H12N2O5. The number of hydrogen-bond acceptors (Lipinski definition) is 5. The number of nitrogens with one attached hydrogen (secondary N) is 1. The Kier molecular flexibility index (Phi) is 2.86. The number of rotatable bonds is 2. The van der Waals surface area contributed by atoms with Crippen LogP contribution in [0.4, 0.5) is 0 Å². The number of aromatic amines is 1. The van der Waals surface area contributed by atoms with Crippen LogP contribution in [0.3, 0.4) is 0 Å². The predicted octanol–water partition coefficient (Wildman–Crippen LogP) is -0.823. The number of aryl methyl sites for hydroxylation is 1. The van der Waals surface area contributed by atoms with E-state index < -0.39 is 23.6 Å². The van der Waals surface area contributed by atoms with Gasteiger partial charge in [-0.05, 0) is 13.0 Å². The van der Waals surface area contributed by atoms with E-state index in [2.05, 4.69) is 4.98 Å². The average molecular weight is 240 g/mol. The molecule has 7 heteroatoms. The Morgan fingerprint density at radius 3 is 2.82 bits per heavy atom. The summed E-state index contributed by atoms with van der Waals surface area (Å²) in [6, 6.07) is 0. The molecule has 0 radical (unpaired) electrons. The number of hydrogen-bond donors (Lipinski definition) is 3. The third-order valence-electron chi connectivity index (χ3n) is 2.49. The number of H-pyrrole nitrogens is 1. The molecule has 0 bridgehead atoms. The summed E-state index contributed by atoms with van der Waals surface area (Å²) in [6.07, 6.45) is 0.960. The fourth-order valence-corrected chi connectivity index (χ4v) is 1.61. The van der Waals surface area contributed by atoms with Gasteiger partial charge in [0.15, 0.2) is 6.23 Å². The topological polar surface area (TPSA) is 105 Å². The van der Waals surface area contributed by atoms with Crippen LogP contribution in [0.2, 0.25) is 0 Å². The molecule has 0 saturated carbocycles. The Labute approximate surface area is 95.6 Å². The van der Waals surface area contributed by atoms with Gasteiger partial charge in [0.25, 0.3) is 5.56 Å². The largest absolute Gasteiger partial charge is 0.508 e. The first-order valence-corrected chi connectivity index (χ1v) is 5.02. The highest BCUT2D eigenvalue weighted by Crippen LogP contribution is 2.25. The van der Waals surface area contributed by atoms with Gasteiger partial charge < -0.3 is 14.9 Å². The lowest BCUT2D eigenvalue weighted by Crippen LogP contribution is -2.34. The maximum atomic E-state index is 11.5. The van der Waals surface area contributed by atoms with Gasteiger partial charge in [0, 0.05) is 11.8 Å². The molecule has 0 spiro atoms. The fraction of sp³-hybridized carbons (Fsp3) is 0.400. The van der Waals surface area contributed by atoms with Crippen molar-refractivity contribution in [1.82, 2.24) is 9.55 Å². The molecule has 0 saturated heterocycles. The van der Waals surface area contributed by atoms with Crippen LogP contribution >= 0.6 is 0 Å². The summed E-state index contributed by atoms with van der Waals surface area (Å²) in [5.74, 6) is -0.169. The van der Waals surface area contributed by atoms with Gasteiger partial charge >= 0.3 is 5.69 Å². The second-order valence-corrected chi connectivity index (χ2v) is 3.78. The summed E-state index contributed by atoms with van der Waals surface area (Å²) in [4.78, 5) is 24.8. The van der Waals surface area contributed by atoms with Gasteiger partial charge in [-0.1, -0.05) is 0 Å². The molecule has 1 aliphatic heterocycles. The van der Waals surface area contributed by atoms with Crippen molar-refractivity contribution in [1.29, 1.82) is 0 Å². The summed E-state index contributed by atoms with van der Waals surface area (Å²) in [7, 11) is 0. The quantitative estimate of drug-likeness (QED) is 0.626. The van der Waals surface area contributed by atoms with Crippen LogP contribution in [0.15, 0.2) is 27.6 Å². The summed E-state index contributed by atoms with van der Waals surface area (Å²) >= 11 is 0. The van der Waals surface area contributed by atoms with Crippen molar-refractivity contribution in [2.75, 3.05) is 6.61 Å². The normalized spacial score (nSPS) is 23.8. The average Bonchev–Trinajstić information content (AvgIpc) is 2.65. The Bertz CT molecular complexity index is 571. The van der Waals surface area contributed by atoms with E-state index in [4.69, 9.17) is 9.84 Å². The molecule has 0 unspecified atom stereocenters. The van der Waals surface area contributed by atoms with Gasteiger partial charge in [0.05, 0.1) is 6.61 Å². The molecule has 1 aromatic heterocycles. The van der Waals surface area contributed by atoms with Gasteiger partial charge in [-0.2, -0.15) is 0 Å². The molecule has 3 N–H and O–H groups in total. The van der Waals surface area contributed by atoms with Crippen LogP contribution in [0, 0.1) is 6.92 Å². The third-order valence-corrected chi connectivity index (χ3v) is 2.49. The van der Waals surface area contributed by atoms with Crippen molar-refractivity contribution in [3.63, 3.8) is 0 Å². The van der Waals surface area contributed by atoms with Crippen molar-refractivity contribution < 1.29 is 14.9 Å². The monoisotopic (exact) mass is 240 g/mol. The molecule has 2 heterocycles. The molecule has 0 aromatic carbocycles. The van der Waals surface area contributed by atoms with E-state index in [1.165, 1.54) is 19.2 Å². The Morgan fingerprint density at radius 1 is 1.53 bits per heavy atom. The van der Waals surface area contributed by atoms with Crippen molar-refractivity contribution >= 4 is 0 Å². The van der Waals surface area contributed by atoms with Crippen LogP contribution in [0.25, 0.3) is 0 Å². The van der Waals surface area contributed by atoms with E-state index in [0.29, 0.717) is 5.56 Å². The Balaban J connectivity index is 2.43. The SMILES string of the molecule is Cc1cn([C@@H]2O[C@H](CO)C=C2O)c(=O)[nH]c1=O. The maximum absolute atomic E-state index is 11.5. The zero-order chi connectivity index (χ0) is 12.6.